The molecule has 18 heavy (non-hydrogen) atoms. The highest BCUT2D eigenvalue weighted by Crippen LogP contribution is 2.35. The smallest absolute Gasteiger partial charge is 0.266 e. The molecule has 1 aromatic rings. The lowest BCUT2D eigenvalue weighted by Crippen LogP contribution is -2.41. The number of carbonyl (C=O) groups is 1. The van der Waals surface area contributed by atoms with E-state index in [1.54, 1.807) is 6.07 Å². The molecule has 0 aromatic carbocycles. The molecule has 0 unspecified atom stereocenters. The molecule has 0 atom stereocenters. The molecule has 1 amide bonds. The van der Waals surface area contributed by atoms with Crippen LogP contribution >= 0.6 is 11.3 Å². The monoisotopic (exact) mass is 266 g/mol. The van der Waals surface area contributed by atoms with E-state index >= 15 is 0 Å². The molecular formula is C14H22N2OS. The lowest BCUT2D eigenvalue weighted by atomic mass is 9.75. The van der Waals surface area contributed by atoms with Crippen LogP contribution in [0.2, 0.25) is 0 Å². The molecule has 2 N–H and O–H groups in total. The van der Waals surface area contributed by atoms with Crippen molar-refractivity contribution in [3.8, 4) is 0 Å². The Morgan fingerprint density at radius 3 is 2.44 bits per heavy atom. The van der Waals surface area contributed by atoms with Crippen molar-refractivity contribution in [1.82, 2.24) is 4.90 Å². The predicted molar refractivity (Wildman–Crippen MR) is 76.8 cm³/mol. The van der Waals surface area contributed by atoms with E-state index in [2.05, 4.69) is 20.8 Å². The summed E-state index contributed by atoms with van der Waals surface area (Å²) < 4.78 is 0. The number of carbonyl (C=O) groups excluding carboxylic acids is 1. The van der Waals surface area contributed by atoms with Gasteiger partial charge in [0.1, 0.15) is 4.88 Å². The Labute approximate surface area is 113 Å². The van der Waals surface area contributed by atoms with Crippen molar-refractivity contribution in [2.75, 3.05) is 18.8 Å². The second kappa shape index (κ2) is 4.92. The Morgan fingerprint density at radius 2 is 2.00 bits per heavy atom. The van der Waals surface area contributed by atoms with Crippen LogP contribution < -0.4 is 5.73 Å². The molecule has 3 nitrogen and oxygen atoms in total. The van der Waals surface area contributed by atoms with Crippen LogP contribution in [0.25, 0.3) is 0 Å². The Kier molecular flexibility index (Phi) is 3.66. The summed E-state index contributed by atoms with van der Waals surface area (Å²) >= 11 is 1.44. The summed E-state index contributed by atoms with van der Waals surface area (Å²) in [6.45, 7) is 8.57. The predicted octanol–water partition coefficient (Wildman–Crippen LogP) is 3.23. The number of nitrogen functional groups attached to an aromatic ring is 1. The summed E-state index contributed by atoms with van der Waals surface area (Å²) in [6.07, 6.45) is 2.20. The quantitative estimate of drug-likeness (QED) is 0.848. The van der Waals surface area contributed by atoms with Gasteiger partial charge in [-0.25, -0.2) is 0 Å². The summed E-state index contributed by atoms with van der Waals surface area (Å²) in [6, 6.07) is 1.81. The van der Waals surface area contributed by atoms with Gasteiger partial charge in [0.05, 0.1) is 5.69 Å². The number of hydrogen-bond acceptors (Lipinski definition) is 3. The van der Waals surface area contributed by atoms with Gasteiger partial charge in [-0.2, -0.15) is 0 Å². The Hall–Kier alpha value is -1.03. The first-order valence-corrected chi connectivity index (χ1v) is 7.40. The van der Waals surface area contributed by atoms with Gasteiger partial charge in [0.25, 0.3) is 5.91 Å². The third-order valence-corrected chi connectivity index (χ3v) is 4.82. The Balaban J connectivity index is 1.99. The van der Waals surface area contributed by atoms with Crippen molar-refractivity contribution in [3.05, 3.63) is 16.3 Å². The molecule has 4 heteroatoms. The molecule has 2 rings (SSSR count). The van der Waals surface area contributed by atoms with Crippen LogP contribution in [0.1, 0.15) is 43.3 Å². The lowest BCUT2D eigenvalue weighted by molar-refractivity contribution is 0.0614. The molecule has 1 saturated heterocycles. The fourth-order valence-electron chi connectivity index (χ4n) is 2.59. The van der Waals surface area contributed by atoms with Crippen molar-refractivity contribution in [2.24, 2.45) is 11.3 Å². The van der Waals surface area contributed by atoms with Gasteiger partial charge in [-0.05, 0) is 35.6 Å². The van der Waals surface area contributed by atoms with E-state index in [4.69, 9.17) is 5.73 Å². The minimum Gasteiger partial charge on any atom is -0.397 e. The van der Waals surface area contributed by atoms with E-state index in [1.807, 2.05) is 10.3 Å². The molecule has 1 aromatic heterocycles. The van der Waals surface area contributed by atoms with Crippen molar-refractivity contribution in [3.63, 3.8) is 0 Å². The van der Waals surface area contributed by atoms with Gasteiger partial charge < -0.3 is 10.6 Å². The zero-order chi connectivity index (χ0) is 13.3. The largest absolute Gasteiger partial charge is 0.397 e. The summed E-state index contributed by atoms with van der Waals surface area (Å²) in [4.78, 5) is 14.9. The molecule has 2 heterocycles. The molecule has 0 bridgehead atoms. The van der Waals surface area contributed by atoms with Crippen LogP contribution in [0.4, 0.5) is 5.69 Å². The zero-order valence-electron chi connectivity index (χ0n) is 11.4. The van der Waals surface area contributed by atoms with Crippen molar-refractivity contribution >= 4 is 22.9 Å². The lowest BCUT2D eigenvalue weighted by Gasteiger charge is -2.38. The van der Waals surface area contributed by atoms with Gasteiger partial charge in [0.2, 0.25) is 0 Å². The second-order valence-corrected chi connectivity index (χ2v) is 7.05. The molecule has 0 aliphatic carbocycles. The fraction of sp³-hybridized carbons (Fsp3) is 0.643. The molecule has 0 radical (unpaired) electrons. The van der Waals surface area contributed by atoms with Crippen LogP contribution in [-0.2, 0) is 0 Å². The number of amides is 1. The van der Waals surface area contributed by atoms with Gasteiger partial charge in [-0.3, -0.25) is 4.79 Å². The van der Waals surface area contributed by atoms with Crippen LogP contribution in [0.5, 0.6) is 0 Å². The molecule has 1 aliphatic heterocycles. The van der Waals surface area contributed by atoms with Crippen LogP contribution in [-0.4, -0.2) is 23.9 Å². The number of piperidine rings is 1. The minimum absolute atomic E-state index is 0.106. The number of likely N-dealkylation sites (tertiary alicyclic amines) is 1. The standard InChI is InChI=1S/C14H22N2OS/c1-14(2,3)10-4-7-16(8-5-10)13(17)12-11(15)6-9-18-12/h6,9-10H,4-5,7-8,15H2,1-3H3. The van der Waals surface area contributed by atoms with Gasteiger partial charge in [0.15, 0.2) is 0 Å². The summed E-state index contributed by atoms with van der Waals surface area (Å²) in [7, 11) is 0. The average Bonchev–Trinajstić information content (AvgIpc) is 2.73. The topological polar surface area (TPSA) is 46.3 Å². The van der Waals surface area contributed by atoms with Gasteiger partial charge in [0, 0.05) is 13.1 Å². The van der Waals surface area contributed by atoms with Crippen molar-refractivity contribution in [2.45, 2.75) is 33.6 Å². The summed E-state index contributed by atoms with van der Waals surface area (Å²) in [5.74, 6) is 0.817. The highest BCUT2D eigenvalue weighted by Gasteiger charge is 2.31. The normalized spacial score (nSPS) is 18.1. The third-order valence-electron chi connectivity index (χ3n) is 3.90. The van der Waals surface area contributed by atoms with E-state index in [-0.39, 0.29) is 5.91 Å². The van der Waals surface area contributed by atoms with Crippen LogP contribution in [0, 0.1) is 11.3 Å². The van der Waals surface area contributed by atoms with E-state index in [0.717, 1.165) is 25.9 Å². The number of nitrogens with zero attached hydrogens (tertiary/aromatic N) is 1. The van der Waals surface area contributed by atoms with Crippen molar-refractivity contribution < 1.29 is 4.79 Å². The first-order valence-electron chi connectivity index (χ1n) is 6.52. The molecular weight excluding hydrogens is 244 g/mol. The zero-order valence-corrected chi connectivity index (χ0v) is 12.2. The first kappa shape index (κ1) is 13.4. The Morgan fingerprint density at radius 1 is 1.39 bits per heavy atom. The number of nitrogens with two attached hydrogens (primary N) is 1. The summed E-state index contributed by atoms with van der Waals surface area (Å²) in [5.41, 5.74) is 6.77. The Bertz CT molecular complexity index is 425. The maximum absolute atomic E-state index is 12.3. The average molecular weight is 266 g/mol. The van der Waals surface area contributed by atoms with E-state index in [9.17, 15) is 4.79 Å². The van der Waals surface area contributed by atoms with Gasteiger partial charge >= 0.3 is 0 Å². The molecule has 0 saturated carbocycles. The fourth-order valence-corrected chi connectivity index (χ4v) is 3.37. The first-order chi connectivity index (χ1) is 8.39. The molecule has 100 valence electrons. The second-order valence-electron chi connectivity index (χ2n) is 6.14. The van der Waals surface area contributed by atoms with Gasteiger partial charge in [-0.1, -0.05) is 20.8 Å². The molecule has 1 fully saturated rings. The maximum atomic E-state index is 12.3. The van der Waals surface area contributed by atoms with E-state index < -0.39 is 0 Å². The van der Waals surface area contributed by atoms with Crippen LogP contribution in [0.15, 0.2) is 11.4 Å². The van der Waals surface area contributed by atoms with E-state index in [1.165, 1.54) is 11.3 Å². The third kappa shape index (κ3) is 2.69. The molecule has 0 spiro atoms. The summed E-state index contributed by atoms with van der Waals surface area (Å²) in [5, 5.41) is 1.88. The number of rotatable bonds is 1. The number of anilines is 1. The SMILES string of the molecule is CC(C)(C)C1CCN(C(=O)c2sccc2N)CC1. The maximum Gasteiger partial charge on any atom is 0.266 e. The highest BCUT2D eigenvalue weighted by molar-refractivity contribution is 7.12. The van der Waals surface area contributed by atoms with Crippen LogP contribution in [0.3, 0.4) is 0 Å². The van der Waals surface area contributed by atoms with Gasteiger partial charge in [-0.15, -0.1) is 11.3 Å². The number of hydrogen-bond donors (Lipinski definition) is 1. The van der Waals surface area contributed by atoms with Crippen molar-refractivity contribution in [1.29, 1.82) is 0 Å². The minimum atomic E-state index is 0.106. The van der Waals surface area contributed by atoms with E-state index in [0.29, 0.717) is 21.9 Å². The highest BCUT2D eigenvalue weighted by atomic mass is 32.1. The number of thiophene rings is 1. The molecule has 1 aliphatic rings.